The van der Waals surface area contributed by atoms with Gasteiger partial charge in [-0.1, -0.05) is 13.8 Å². The van der Waals surface area contributed by atoms with E-state index in [1.807, 2.05) is 20.9 Å². The van der Waals surface area contributed by atoms with Crippen LogP contribution >= 0.6 is 0 Å². The normalized spacial score (nSPS) is 24.7. The van der Waals surface area contributed by atoms with Crippen molar-refractivity contribution in [3.63, 3.8) is 0 Å². The highest BCUT2D eigenvalue weighted by molar-refractivity contribution is 5.56. The van der Waals surface area contributed by atoms with Crippen molar-refractivity contribution in [1.82, 2.24) is 9.97 Å². The first kappa shape index (κ1) is 14.1. The molecule has 0 saturated heterocycles. The summed E-state index contributed by atoms with van der Waals surface area (Å²) in [6.45, 7) is 9.33. The smallest absolute Gasteiger partial charge is 0.134 e. The van der Waals surface area contributed by atoms with E-state index >= 15 is 0 Å². The van der Waals surface area contributed by atoms with Gasteiger partial charge in [0.2, 0.25) is 0 Å². The van der Waals surface area contributed by atoms with E-state index in [9.17, 15) is 0 Å². The Balaban J connectivity index is 2.07. The molecule has 1 aromatic rings. The lowest BCUT2D eigenvalue weighted by atomic mass is 9.64. The van der Waals surface area contributed by atoms with Crippen molar-refractivity contribution in [2.75, 3.05) is 24.3 Å². The molecule has 0 amide bonds. The fourth-order valence-electron chi connectivity index (χ4n) is 2.63. The summed E-state index contributed by atoms with van der Waals surface area (Å²) < 4.78 is 5.75. The van der Waals surface area contributed by atoms with Gasteiger partial charge >= 0.3 is 0 Å². The molecule has 1 aromatic heterocycles. The summed E-state index contributed by atoms with van der Waals surface area (Å²) in [6.07, 6.45) is 2.95. The van der Waals surface area contributed by atoms with E-state index in [1.54, 1.807) is 6.33 Å². The van der Waals surface area contributed by atoms with E-state index in [4.69, 9.17) is 4.74 Å². The zero-order valence-electron chi connectivity index (χ0n) is 12.4. The van der Waals surface area contributed by atoms with Crippen molar-refractivity contribution in [2.24, 2.45) is 5.41 Å². The van der Waals surface area contributed by atoms with Gasteiger partial charge in [-0.25, -0.2) is 9.97 Å². The molecule has 1 saturated carbocycles. The second kappa shape index (κ2) is 5.33. The predicted octanol–water partition coefficient (Wildman–Crippen LogP) is 2.44. The van der Waals surface area contributed by atoms with E-state index in [1.165, 1.54) is 0 Å². The Morgan fingerprint density at radius 1 is 1.37 bits per heavy atom. The molecule has 1 aliphatic rings. The molecule has 1 aliphatic carbocycles. The molecule has 5 nitrogen and oxygen atoms in total. The first-order valence-corrected chi connectivity index (χ1v) is 6.88. The van der Waals surface area contributed by atoms with Crippen LogP contribution in [0, 0.1) is 12.3 Å². The van der Waals surface area contributed by atoms with Crippen LogP contribution < -0.4 is 10.6 Å². The summed E-state index contributed by atoms with van der Waals surface area (Å²) in [4.78, 5) is 8.54. The molecule has 1 fully saturated rings. The molecule has 0 radical (unpaired) electrons. The van der Waals surface area contributed by atoms with Gasteiger partial charge in [-0.3, -0.25) is 0 Å². The Morgan fingerprint density at radius 3 is 2.63 bits per heavy atom. The number of ether oxygens (including phenoxy) is 1. The van der Waals surface area contributed by atoms with Crippen LogP contribution in [-0.2, 0) is 4.74 Å². The van der Waals surface area contributed by atoms with Crippen molar-refractivity contribution in [3.8, 4) is 0 Å². The van der Waals surface area contributed by atoms with Gasteiger partial charge in [-0.05, 0) is 20.3 Å². The lowest BCUT2D eigenvalue weighted by Gasteiger charge is -2.51. The monoisotopic (exact) mass is 264 g/mol. The summed E-state index contributed by atoms with van der Waals surface area (Å²) >= 11 is 0. The highest BCUT2D eigenvalue weighted by Gasteiger charge is 2.49. The zero-order chi connectivity index (χ0) is 14.0. The van der Waals surface area contributed by atoms with Crippen molar-refractivity contribution in [2.45, 2.75) is 46.3 Å². The number of hydrogen-bond acceptors (Lipinski definition) is 5. The Labute approximate surface area is 115 Å². The molecule has 2 atom stereocenters. The number of aromatic nitrogens is 2. The Hall–Kier alpha value is -1.36. The van der Waals surface area contributed by atoms with Gasteiger partial charge in [-0.15, -0.1) is 0 Å². The van der Waals surface area contributed by atoms with Crippen molar-refractivity contribution < 1.29 is 4.74 Å². The lowest BCUT2D eigenvalue weighted by molar-refractivity contribution is -0.0976. The maximum atomic E-state index is 5.75. The van der Waals surface area contributed by atoms with Gasteiger partial charge in [0.05, 0.1) is 6.10 Å². The van der Waals surface area contributed by atoms with E-state index in [0.29, 0.717) is 12.1 Å². The molecule has 19 heavy (non-hydrogen) atoms. The highest BCUT2D eigenvalue weighted by Crippen LogP contribution is 2.44. The molecule has 5 heteroatoms. The third kappa shape index (κ3) is 2.52. The first-order chi connectivity index (χ1) is 9.00. The average molecular weight is 264 g/mol. The summed E-state index contributed by atoms with van der Waals surface area (Å²) in [7, 11) is 1.87. The first-order valence-electron chi connectivity index (χ1n) is 6.88. The van der Waals surface area contributed by atoms with Crippen LogP contribution in [0.15, 0.2) is 6.33 Å². The SMILES string of the molecule is CCOC1CC(Nc2ncnc(NC)c2C)C1(C)C. The van der Waals surface area contributed by atoms with Crippen LogP contribution in [-0.4, -0.2) is 35.8 Å². The molecule has 0 aromatic carbocycles. The van der Waals surface area contributed by atoms with Gasteiger partial charge < -0.3 is 15.4 Å². The highest BCUT2D eigenvalue weighted by atomic mass is 16.5. The minimum atomic E-state index is 0.132. The molecule has 1 heterocycles. The Kier molecular flexibility index (Phi) is 3.94. The van der Waals surface area contributed by atoms with Gasteiger partial charge in [0.25, 0.3) is 0 Å². The zero-order valence-corrected chi connectivity index (χ0v) is 12.4. The van der Waals surface area contributed by atoms with Crippen molar-refractivity contribution in [3.05, 3.63) is 11.9 Å². The predicted molar refractivity (Wildman–Crippen MR) is 77.5 cm³/mol. The minimum absolute atomic E-state index is 0.132. The summed E-state index contributed by atoms with van der Waals surface area (Å²) in [5, 5.41) is 6.61. The van der Waals surface area contributed by atoms with Crippen LogP contribution in [0.2, 0.25) is 0 Å². The van der Waals surface area contributed by atoms with Gasteiger partial charge in [0.15, 0.2) is 0 Å². The molecule has 2 N–H and O–H groups in total. The van der Waals surface area contributed by atoms with Gasteiger partial charge in [0, 0.05) is 30.7 Å². The molecular formula is C14H24N4O. The average Bonchev–Trinajstić information content (AvgIpc) is 2.39. The molecule has 0 aliphatic heterocycles. The summed E-state index contributed by atoms with van der Waals surface area (Å²) in [5.74, 6) is 1.78. The standard InChI is InChI=1S/C14H24N4O/c1-6-19-11-7-10(14(11,3)4)18-13-9(2)12(15-5)16-8-17-13/h8,10-11H,6-7H2,1-5H3,(H2,15,16,17,18). The topological polar surface area (TPSA) is 59.1 Å². The minimum Gasteiger partial charge on any atom is -0.378 e. The summed E-state index contributed by atoms with van der Waals surface area (Å²) in [6, 6.07) is 0.391. The quantitative estimate of drug-likeness (QED) is 0.855. The van der Waals surface area contributed by atoms with Crippen LogP contribution in [0.5, 0.6) is 0 Å². The number of hydrogen-bond donors (Lipinski definition) is 2. The molecule has 2 rings (SSSR count). The van der Waals surface area contributed by atoms with Crippen LogP contribution in [0.3, 0.4) is 0 Å². The maximum absolute atomic E-state index is 5.75. The molecule has 0 spiro atoms. The number of nitrogens with zero attached hydrogens (tertiary/aromatic N) is 2. The third-order valence-corrected chi connectivity index (χ3v) is 4.18. The van der Waals surface area contributed by atoms with E-state index in [-0.39, 0.29) is 5.41 Å². The van der Waals surface area contributed by atoms with Crippen molar-refractivity contribution >= 4 is 11.6 Å². The largest absolute Gasteiger partial charge is 0.378 e. The fraction of sp³-hybridized carbons (Fsp3) is 0.714. The fourth-order valence-corrected chi connectivity index (χ4v) is 2.63. The molecule has 106 valence electrons. The van der Waals surface area contributed by atoms with Gasteiger partial charge in [0.1, 0.15) is 18.0 Å². The number of nitrogens with one attached hydrogen (secondary N) is 2. The second-order valence-corrected chi connectivity index (χ2v) is 5.64. The van der Waals surface area contributed by atoms with E-state index < -0.39 is 0 Å². The lowest BCUT2D eigenvalue weighted by Crippen LogP contribution is -2.58. The second-order valence-electron chi connectivity index (χ2n) is 5.64. The van der Waals surface area contributed by atoms with Crippen LogP contribution in [0.25, 0.3) is 0 Å². The molecule has 2 unspecified atom stereocenters. The van der Waals surface area contributed by atoms with Crippen LogP contribution in [0.4, 0.5) is 11.6 Å². The third-order valence-electron chi connectivity index (χ3n) is 4.18. The summed E-state index contributed by atoms with van der Waals surface area (Å²) in [5.41, 5.74) is 1.19. The van der Waals surface area contributed by atoms with Gasteiger partial charge in [-0.2, -0.15) is 0 Å². The van der Waals surface area contributed by atoms with E-state index in [0.717, 1.165) is 30.2 Å². The van der Waals surface area contributed by atoms with Crippen molar-refractivity contribution in [1.29, 1.82) is 0 Å². The number of anilines is 2. The maximum Gasteiger partial charge on any atom is 0.134 e. The molecule has 0 bridgehead atoms. The van der Waals surface area contributed by atoms with Crippen LogP contribution in [0.1, 0.15) is 32.8 Å². The Morgan fingerprint density at radius 2 is 2.05 bits per heavy atom. The molecular weight excluding hydrogens is 240 g/mol. The number of rotatable bonds is 5. The Bertz CT molecular complexity index is 447. The van der Waals surface area contributed by atoms with E-state index in [2.05, 4.69) is 34.4 Å².